The van der Waals surface area contributed by atoms with Crippen molar-refractivity contribution < 1.29 is 9.53 Å². The molecule has 0 atom stereocenters. The fraction of sp³-hybridized carbons (Fsp3) is 0.542. The average Bonchev–Trinajstić information content (AvgIpc) is 2.64. The number of anilines is 1. The van der Waals surface area contributed by atoms with Crippen LogP contribution >= 0.6 is 11.6 Å². The molecule has 30 heavy (non-hydrogen) atoms. The maximum absolute atomic E-state index is 12.8. The van der Waals surface area contributed by atoms with E-state index in [4.69, 9.17) is 16.3 Å². The third-order valence-corrected chi connectivity index (χ3v) is 6.01. The number of halogens is 1. The van der Waals surface area contributed by atoms with Gasteiger partial charge in [-0.25, -0.2) is 9.78 Å². The third-order valence-electron chi connectivity index (χ3n) is 5.71. The van der Waals surface area contributed by atoms with Crippen molar-refractivity contribution in [1.82, 2.24) is 9.97 Å². The van der Waals surface area contributed by atoms with Crippen molar-refractivity contribution in [3.05, 3.63) is 51.4 Å². The standard InChI is InChI=1S/C24H32ClN3O2/c1-15-19(16(2)27-17(3)21(15)23(29)30-24(4,5)6)14-18-9-12-28(13-10-18)22-20(25)8-7-11-26-22/h7-8,11,18H,9-10,12-14H2,1-6H3. The van der Waals surface area contributed by atoms with Crippen LogP contribution < -0.4 is 4.90 Å². The highest BCUT2D eigenvalue weighted by Gasteiger charge is 2.27. The lowest BCUT2D eigenvalue weighted by atomic mass is 9.86. The van der Waals surface area contributed by atoms with Gasteiger partial charge in [0.15, 0.2) is 0 Å². The van der Waals surface area contributed by atoms with E-state index in [1.807, 2.05) is 53.7 Å². The van der Waals surface area contributed by atoms with E-state index < -0.39 is 5.60 Å². The number of esters is 1. The molecule has 2 aromatic heterocycles. The van der Waals surface area contributed by atoms with Gasteiger partial charge in [0.1, 0.15) is 11.4 Å². The van der Waals surface area contributed by atoms with Gasteiger partial charge in [-0.05, 0) is 90.0 Å². The van der Waals surface area contributed by atoms with Gasteiger partial charge in [-0.2, -0.15) is 0 Å². The van der Waals surface area contributed by atoms with Gasteiger partial charge in [0.25, 0.3) is 0 Å². The molecule has 0 unspecified atom stereocenters. The zero-order valence-electron chi connectivity index (χ0n) is 18.9. The smallest absolute Gasteiger partial charge is 0.340 e. The lowest BCUT2D eigenvalue weighted by Crippen LogP contribution is -2.35. The number of carbonyl (C=O) groups excluding carboxylic acids is 1. The average molecular weight is 430 g/mol. The third kappa shape index (κ3) is 5.12. The summed E-state index contributed by atoms with van der Waals surface area (Å²) in [6.07, 6.45) is 4.82. The first kappa shape index (κ1) is 22.5. The first-order valence-corrected chi connectivity index (χ1v) is 11.0. The summed E-state index contributed by atoms with van der Waals surface area (Å²) in [7, 11) is 0. The Balaban J connectivity index is 1.75. The van der Waals surface area contributed by atoms with E-state index in [2.05, 4.69) is 14.9 Å². The van der Waals surface area contributed by atoms with Gasteiger partial charge < -0.3 is 9.64 Å². The number of pyridine rings is 2. The van der Waals surface area contributed by atoms with Crippen molar-refractivity contribution in [2.75, 3.05) is 18.0 Å². The van der Waals surface area contributed by atoms with Gasteiger partial charge in [-0.3, -0.25) is 4.98 Å². The van der Waals surface area contributed by atoms with Gasteiger partial charge in [-0.15, -0.1) is 0 Å². The van der Waals surface area contributed by atoms with Gasteiger partial charge in [-0.1, -0.05) is 11.6 Å². The lowest BCUT2D eigenvalue weighted by molar-refractivity contribution is 0.00672. The highest BCUT2D eigenvalue weighted by Crippen LogP contribution is 2.31. The Morgan fingerprint density at radius 2 is 1.87 bits per heavy atom. The van der Waals surface area contributed by atoms with Crippen LogP contribution in [-0.4, -0.2) is 34.6 Å². The Labute approximate surface area is 184 Å². The van der Waals surface area contributed by atoms with Gasteiger partial charge in [0, 0.05) is 25.0 Å². The van der Waals surface area contributed by atoms with Crippen molar-refractivity contribution in [2.45, 2.75) is 66.4 Å². The highest BCUT2D eigenvalue weighted by atomic mass is 35.5. The minimum Gasteiger partial charge on any atom is -0.456 e. The van der Waals surface area contributed by atoms with E-state index >= 15 is 0 Å². The molecule has 0 radical (unpaired) electrons. The van der Waals surface area contributed by atoms with Crippen LogP contribution in [0.15, 0.2) is 18.3 Å². The van der Waals surface area contributed by atoms with E-state index in [1.165, 1.54) is 5.56 Å². The number of carbonyl (C=O) groups is 1. The van der Waals surface area contributed by atoms with Crippen LogP contribution in [0.3, 0.4) is 0 Å². The Hall–Kier alpha value is -2.14. The number of rotatable bonds is 4. The molecular weight excluding hydrogens is 398 g/mol. The molecule has 1 fully saturated rings. The van der Waals surface area contributed by atoms with E-state index in [9.17, 15) is 4.79 Å². The predicted octanol–water partition coefficient (Wildman–Crippen LogP) is 5.47. The molecule has 0 amide bonds. The van der Waals surface area contributed by atoms with Crippen molar-refractivity contribution in [3.63, 3.8) is 0 Å². The van der Waals surface area contributed by atoms with Crippen LogP contribution in [0.25, 0.3) is 0 Å². The summed E-state index contributed by atoms with van der Waals surface area (Å²) in [5, 5.41) is 0.701. The highest BCUT2D eigenvalue weighted by molar-refractivity contribution is 6.32. The topological polar surface area (TPSA) is 55.3 Å². The molecule has 1 aliphatic heterocycles. The molecule has 0 N–H and O–H groups in total. The molecule has 1 aliphatic rings. The minimum atomic E-state index is -0.527. The zero-order valence-corrected chi connectivity index (χ0v) is 19.6. The van der Waals surface area contributed by atoms with Crippen molar-refractivity contribution in [2.24, 2.45) is 5.92 Å². The number of nitrogens with zero attached hydrogens (tertiary/aromatic N) is 3. The van der Waals surface area contributed by atoms with Crippen LogP contribution in [0, 0.1) is 26.7 Å². The fourth-order valence-corrected chi connectivity index (χ4v) is 4.49. The summed E-state index contributed by atoms with van der Waals surface area (Å²) >= 11 is 6.32. The summed E-state index contributed by atoms with van der Waals surface area (Å²) in [5.74, 6) is 1.12. The first-order chi connectivity index (χ1) is 14.1. The molecule has 5 nitrogen and oxygen atoms in total. The molecule has 0 aromatic carbocycles. The van der Waals surface area contributed by atoms with Crippen LogP contribution in [0.5, 0.6) is 0 Å². The van der Waals surface area contributed by atoms with E-state index in [0.29, 0.717) is 16.5 Å². The Morgan fingerprint density at radius 3 is 2.47 bits per heavy atom. The number of hydrogen-bond donors (Lipinski definition) is 0. The van der Waals surface area contributed by atoms with Crippen molar-refractivity contribution >= 4 is 23.4 Å². The summed E-state index contributed by atoms with van der Waals surface area (Å²) in [6.45, 7) is 13.5. The summed E-state index contributed by atoms with van der Waals surface area (Å²) < 4.78 is 5.64. The van der Waals surface area contributed by atoms with Gasteiger partial charge >= 0.3 is 5.97 Å². The molecule has 1 saturated heterocycles. The molecule has 6 heteroatoms. The molecule has 2 aromatic rings. The molecule has 0 spiro atoms. The molecular formula is C24H32ClN3O2. The van der Waals surface area contributed by atoms with Crippen molar-refractivity contribution in [1.29, 1.82) is 0 Å². The second-order valence-electron chi connectivity index (χ2n) is 9.21. The lowest BCUT2D eigenvalue weighted by Gasteiger charge is -2.33. The van der Waals surface area contributed by atoms with Crippen LogP contribution in [0.4, 0.5) is 5.82 Å². The number of aromatic nitrogens is 2. The van der Waals surface area contributed by atoms with Crippen molar-refractivity contribution in [3.8, 4) is 0 Å². The zero-order chi connectivity index (χ0) is 22.1. The van der Waals surface area contributed by atoms with E-state index in [0.717, 1.165) is 55.1 Å². The molecule has 0 bridgehead atoms. The maximum Gasteiger partial charge on any atom is 0.340 e. The van der Waals surface area contributed by atoms with E-state index in [1.54, 1.807) is 6.20 Å². The van der Waals surface area contributed by atoms with Crippen LogP contribution in [0.2, 0.25) is 5.02 Å². The monoisotopic (exact) mass is 429 g/mol. The molecule has 0 aliphatic carbocycles. The second kappa shape index (κ2) is 8.93. The van der Waals surface area contributed by atoms with Crippen LogP contribution in [0.1, 0.15) is 66.5 Å². The first-order valence-electron chi connectivity index (χ1n) is 10.6. The SMILES string of the molecule is Cc1nc(C)c(C(=O)OC(C)(C)C)c(C)c1CC1CCN(c2ncccc2Cl)CC1. The Kier molecular flexibility index (Phi) is 6.71. The molecule has 0 saturated carbocycles. The molecule has 162 valence electrons. The number of piperidine rings is 1. The Bertz CT molecular complexity index is 929. The van der Waals surface area contributed by atoms with Gasteiger partial charge in [0.05, 0.1) is 16.3 Å². The quantitative estimate of drug-likeness (QED) is 0.603. The minimum absolute atomic E-state index is 0.286. The largest absolute Gasteiger partial charge is 0.456 e. The summed E-state index contributed by atoms with van der Waals surface area (Å²) in [5.41, 5.74) is 4.01. The fourth-order valence-electron chi connectivity index (χ4n) is 4.25. The summed E-state index contributed by atoms with van der Waals surface area (Å²) in [4.78, 5) is 24.2. The second-order valence-corrected chi connectivity index (χ2v) is 9.61. The number of hydrogen-bond acceptors (Lipinski definition) is 5. The molecule has 3 heterocycles. The van der Waals surface area contributed by atoms with E-state index in [-0.39, 0.29) is 5.97 Å². The molecule has 3 rings (SSSR count). The normalized spacial score (nSPS) is 15.4. The number of ether oxygens (including phenoxy) is 1. The Morgan fingerprint density at radius 1 is 1.20 bits per heavy atom. The maximum atomic E-state index is 12.8. The number of aryl methyl sites for hydroxylation is 2. The summed E-state index contributed by atoms with van der Waals surface area (Å²) in [6, 6.07) is 3.75. The van der Waals surface area contributed by atoms with Crippen LogP contribution in [-0.2, 0) is 11.2 Å². The predicted molar refractivity (Wildman–Crippen MR) is 122 cm³/mol. The van der Waals surface area contributed by atoms with Gasteiger partial charge in [0.2, 0.25) is 0 Å².